The summed E-state index contributed by atoms with van der Waals surface area (Å²) in [5, 5.41) is 5.73. The van der Waals surface area contributed by atoms with Crippen molar-refractivity contribution in [3.8, 4) is 0 Å². The van der Waals surface area contributed by atoms with Crippen LogP contribution in [0.5, 0.6) is 0 Å². The Morgan fingerprint density at radius 2 is 1.79 bits per heavy atom. The quantitative estimate of drug-likeness (QED) is 0.625. The summed E-state index contributed by atoms with van der Waals surface area (Å²) in [4.78, 5) is 50.3. The Kier molecular flexibility index (Phi) is 6.07. The van der Waals surface area contributed by atoms with Crippen molar-refractivity contribution in [3.05, 3.63) is 66.0 Å². The lowest BCUT2D eigenvalue weighted by atomic mass is 10.0. The van der Waals surface area contributed by atoms with Gasteiger partial charge in [0.1, 0.15) is 5.52 Å². The highest BCUT2D eigenvalue weighted by molar-refractivity contribution is 6.05. The number of piperidine rings is 1. The topological polar surface area (TPSA) is 108 Å². The molecule has 0 spiro atoms. The number of para-hydroxylation sites is 2. The molecule has 174 valence electrons. The van der Waals surface area contributed by atoms with Gasteiger partial charge in [0.05, 0.1) is 17.6 Å². The molecular formula is C25H26N6O3. The van der Waals surface area contributed by atoms with Crippen molar-refractivity contribution in [1.82, 2.24) is 25.1 Å². The van der Waals surface area contributed by atoms with Gasteiger partial charge in [0.15, 0.2) is 0 Å². The smallest absolute Gasteiger partial charge is 0.322 e. The molecule has 34 heavy (non-hydrogen) atoms. The number of anilines is 1. The average Bonchev–Trinajstić information content (AvgIpc) is 3.05. The van der Waals surface area contributed by atoms with E-state index in [1.165, 1.54) is 6.20 Å². The fourth-order valence-corrected chi connectivity index (χ4v) is 4.70. The van der Waals surface area contributed by atoms with Gasteiger partial charge in [-0.1, -0.05) is 24.3 Å². The largest absolute Gasteiger partial charge is 0.343 e. The van der Waals surface area contributed by atoms with Crippen LogP contribution in [0.25, 0.3) is 11.0 Å². The third-order valence-electron chi connectivity index (χ3n) is 6.54. The SMILES string of the molecule is O=C(NCC(=O)N1CCC(N2CCc3ccccc3NC2=O)CC1)c1cccc2nccnc12. The van der Waals surface area contributed by atoms with Gasteiger partial charge in [-0.2, -0.15) is 0 Å². The number of fused-ring (bicyclic) bond motifs is 2. The van der Waals surface area contributed by atoms with E-state index >= 15 is 0 Å². The van der Waals surface area contributed by atoms with Crippen molar-refractivity contribution in [2.24, 2.45) is 0 Å². The molecule has 4 amide bonds. The minimum Gasteiger partial charge on any atom is -0.343 e. The molecular weight excluding hydrogens is 432 g/mol. The fraction of sp³-hybridized carbons (Fsp3) is 0.320. The van der Waals surface area contributed by atoms with E-state index in [9.17, 15) is 14.4 Å². The zero-order valence-electron chi connectivity index (χ0n) is 18.7. The number of likely N-dealkylation sites (tertiary alicyclic amines) is 1. The van der Waals surface area contributed by atoms with Gasteiger partial charge in [-0.3, -0.25) is 19.6 Å². The highest BCUT2D eigenvalue weighted by Crippen LogP contribution is 2.24. The molecule has 3 aromatic rings. The Balaban J connectivity index is 1.14. The summed E-state index contributed by atoms with van der Waals surface area (Å²) in [7, 11) is 0. The van der Waals surface area contributed by atoms with Crippen LogP contribution in [0.15, 0.2) is 54.9 Å². The van der Waals surface area contributed by atoms with E-state index < -0.39 is 0 Å². The monoisotopic (exact) mass is 458 g/mol. The summed E-state index contributed by atoms with van der Waals surface area (Å²) < 4.78 is 0. The first-order valence-electron chi connectivity index (χ1n) is 11.5. The Morgan fingerprint density at radius 3 is 2.65 bits per heavy atom. The Bertz CT molecular complexity index is 1230. The Hall–Kier alpha value is -4.01. The predicted octanol–water partition coefficient (Wildman–Crippen LogP) is 2.44. The van der Waals surface area contributed by atoms with E-state index in [2.05, 4.69) is 20.6 Å². The van der Waals surface area contributed by atoms with Crippen LogP contribution in [0.4, 0.5) is 10.5 Å². The van der Waals surface area contributed by atoms with Crippen LogP contribution in [-0.4, -0.2) is 69.8 Å². The number of benzene rings is 2. The second-order valence-electron chi connectivity index (χ2n) is 8.55. The number of amides is 4. The van der Waals surface area contributed by atoms with Crippen molar-refractivity contribution in [1.29, 1.82) is 0 Å². The number of rotatable bonds is 4. The lowest BCUT2D eigenvalue weighted by Gasteiger charge is -2.38. The van der Waals surface area contributed by atoms with Crippen LogP contribution in [0, 0.1) is 0 Å². The Labute approximate surface area is 197 Å². The second kappa shape index (κ2) is 9.46. The van der Waals surface area contributed by atoms with Crippen LogP contribution in [0.2, 0.25) is 0 Å². The zero-order chi connectivity index (χ0) is 23.5. The summed E-state index contributed by atoms with van der Waals surface area (Å²) in [5.41, 5.74) is 3.54. The minimum atomic E-state index is -0.352. The average molecular weight is 459 g/mol. The van der Waals surface area contributed by atoms with Crippen LogP contribution in [0.3, 0.4) is 0 Å². The first-order chi connectivity index (χ1) is 16.6. The molecule has 9 heteroatoms. The molecule has 0 saturated carbocycles. The first-order valence-corrected chi connectivity index (χ1v) is 11.5. The summed E-state index contributed by atoms with van der Waals surface area (Å²) in [6, 6.07) is 13.1. The first kappa shape index (κ1) is 21.8. The van der Waals surface area contributed by atoms with Gasteiger partial charge in [0.25, 0.3) is 5.91 Å². The number of nitrogens with zero attached hydrogens (tertiary/aromatic N) is 4. The molecule has 0 unspecified atom stereocenters. The number of hydrogen-bond acceptors (Lipinski definition) is 5. The summed E-state index contributed by atoms with van der Waals surface area (Å²) >= 11 is 0. The standard InChI is InChI=1S/C25H26N6O3/c32-22(16-28-24(33)19-5-3-7-21-23(19)27-12-11-26-21)30-13-9-18(10-14-30)31-15-8-17-4-1-2-6-20(17)29-25(31)34/h1-7,11-12,18H,8-10,13-16H2,(H,28,33)(H,29,34). The van der Waals surface area contributed by atoms with Crippen LogP contribution >= 0.6 is 0 Å². The molecule has 0 aliphatic carbocycles. The van der Waals surface area contributed by atoms with Gasteiger partial charge in [0, 0.05) is 43.8 Å². The van der Waals surface area contributed by atoms with E-state index in [1.807, 2.05) is 29.2 Å². The molecule has 2 N–H and O–H groups in total. The van der Waals surface area contributed by atoms with E-state index in [-0.39, 0.29) is 30.4 Å². The van der Waals surface area contributed by atoms with Gasteiger partial charge < -0.3 is 20.4 Å². The molecule has 2 aliphatic rings. The molecule has 0 bridgehead atoms. The maximum atomic E-state index is 12.8. The van der Waals surface area contributed by atoms with Gasteiger partial charge in [-0.25, -0.2) is 4.79 Å². The number of hydrogen-bond donors (Lipinski definition) is 2. The molecule has 5 rings (SSSR count). The number of carbonyl (C=O) groups is 3. The van der Waals surface area contributed by atoms with E-state index in [0.717, 1.165) is 17.7 Å². The van der Waals surface area contributed by atoms with E-state index in [0.29, 0.717) is 49.1 Å². The zero-order valence-corrected chi connectivity index (χ0v) is 18.7. The van der Waals surface area contributed by atoms with Gasteiger partial charge in [0.2, 0.25) is 5.91 Å². The maximum Gasteiger partial charge on any atom is 0.322 e. The third-order valence-corrected chi connectivity index (χ3v) is 6.54. The van der Waals surface area contributed by atoms with Crippen molar-refractivity contribution in [3.63, 3.8) is 0 Å². The molecule has 2 aliphatic heterocycles. The van der Waals surface area contributed by atoms with E-state index in [1.54, 1.807) is 29.3 Å². The highest BCUT2D eigenvalue weighted by Gasteiger charge is 2.31. The van der Waals surface area contributed by atoms with Crippen molar-refractivity contribution >= 4 is 34.6 Å². The van der Waals surface area contributed by atoms with Gasteiger partial charge in [-0.15, -0.1) is 0 Å². The summed E-state index contributed by atoms with van der Waals surface area (Å²) in [6.07, 6.45) is 5.34. The molecule has 0 atom stereocenters. The highest BCUT2D eigenvalue weighted by atomic mass is 16.2. The van der Waals surface area contributed by atoms with Crippen molar-refractivity contribution in [2.75, 3.05) is 31.5 Å². The second-order valence-corrected chi connectivity index (χ2v) is 8.55. The van der Waals surface area contributed by atoms with Crippen molar-refractivity contribution in [2.45, 2.75) is 25.3 Å². The predicted molar refractivity (Wildman–Crippen MR) is 127 cm³/mol. The fourth-order valence-electron chi connectivity index (χ4n) is 4.70. The third kappa shape index (κ3) is 4.41. The number of aromatic nitrogens is 2. The molecule has 1 aromatic heterocycles. The lowest BCUT2D eigenvalue weighted by molar-refractivity contribution is -0.131. The summed E-state index contributed by atoms with van der Waals surface area (Å²) in [6.45, 7) is 1.68. The van der Waals surface area contributed by atoms with Crippen LogP contribution in [0.1, 0.15) is 28.8 Å². The maximum absolute atomic E-state index is 12.8. The number of nitrogens with one attached hydrogen (secondary N) is 2. The van der Waals surface area contributed by atoms with E-state index in [4.69, 9.17) is 0 Å². The molecule has 3 heterocycles. The van der Waals surface area contributed by atoms with Crippen LogP contribution < -0.4 is 10.6 Å². The molecule has 1 saturated heterocycles. The normalized spacial score (nSPS) is 16.5. The number of urea groups is 1. The van der Waals surface area contributed by atoms with Gasteiger partial charge >= 0.3 is 6.03 Å². The Morgan fingerprint density at radius 1 is 1.00 bits per heavy atom. The summed E-state index contributed by atoms with van der Waals surface area (Å²) in [5.74, 6) is -0.485. The van der Waals surface area contributed by atoms with Gasteiger partial charge in [-0.05, 0) is 43.0 Å². The lowest BCUT2D eigenvalue weighted by Crippen LogP contribution is -2.51. The molecule has 2 aromatic carbocycles. The van der Waals surface area contributed by atoms with Crippen LogP contribution in [-0.2, 0) is 11.2 Å². The molecule has 1 fully saturated rings. The number of carbonyl (C=O) groups excluding carboxylic acids is 3. The van der Waals surface area contributed by atoms with Crippen molar-refractivity contribution < 1.29 is 14.4 Å². The minimum absolute atomic E-state index is 0.0832. The molecule has 9 nitrogen and oxygen atoms in total. The molecule has 0 radical (unpaired) electrons.